The molecular weight excluding hydrogens is 368 g/mol. The second-order valence-electron chi connectivity index (χ2n) is 5.26. The Morgan fingerprint density at radius 3 is 2.58 bits per heavy atom. The van der Waals surface area contributed by atoms with Crippen LogP contribution in [-0.4, -0.2) is 31.1 Å². The van der Waals surface area contributed by atoms with E-state index in [1.165, 1.54) is 38.0 Å². The van der Waals surface area contributed by atoms with Crippen LogP contribution in [0.3, 0.4) is 0 Å². The molecule has 1 aliphatic rings. The molecule has 1 fully saturated rings. The molecule has 0 saturated carbocycles. The molecule has 0 amide bonds. The van der Waals surface area contributed by atoms with Gasteiger partial charge in [0.05, 0.1) is 0 Å². The van der Waals surface area contributed by atoms with Gasteiger partial charge < -0.3 is 10.2 Å². The summed E-state index contributed by atoms with van der Waals surface area (Å²) in [4.78, 5) is 2.54. The summed E-state index contributed by atoms with van der Waals surface area (Å²) >= 11 is 7.05. The van der Waals surface area contributed by atoms with Crippen molar-refractivity contribution in [1.82, 2.24) is 10.2 Å². The van der Waals surface area contributed by atoms with Crippen molar-refractivity contribution in [3.8, 4) is 0 Å². The first-order chi connectivity index (χ1) is 9.19. The fourth-order valence-corrected chi connectivity index (χ4v) is 3.25. The van der Waals surface area contributed by atoms with Crippen LogP contribution in [0.5, 0.6) is 0 Å². The van der Waals surface area contributed by atoms with Crippen LogP contribution in [0.25, 0.3) is 0 Å². The van der Waals surface area contributed by atoms with E-state index in [2.05, 4.69) is 67.2 Å². The van der Waals surface area contributed by atoms with Gasteiger partial charge in [0.25, 0.3) is 0 Å². The van der Waals surface area contributed by atoms with Gasteiger partial charge in [-0.05, 0) is 94.5 Å². The van der Waals surface area contributed by atoms with Crippen molar-refractivity contribution >= 4 is 31.9 Å². The third-order valence-corrected chi connectivity index (χ3v) is 5.78. The molecule has 1 saturated heterocycles. The summed E-state index contributed by atoms with van der Waals surface area (Å²) < 4.78 is 2.24. The molecule has 0 bridgehead atoms. The Bertz CT molecular complexity index is 401. The summed E-state index contributed by atoms with van der Waals surface area (Å²) in [5, 5.41) is 3.60. The van der Waals surface area contributed by atoms with Gasteiger partial charge in [-0.3, -0.25) is 0 Å². The van der Waals surface area contributed by atoms with Crippen molar-refractivity contribution in [3.63, 3.8) is 0 Å². The normalized spacial score (nSPS) is 17.8. The minimum Gasteiger partial charge on any atom is -0.312 e. The Morgan fingerprint density at radius 2 is 1.95 bits per heavy atom. The van der Waals surface area contributed by atoms with Crippen molar-refractivity contribution < 1.29 is 0 Å². The van der Waals surface area contributed by atoms with E-state index in [-0.39, 0.29) is 0 Å². The Balaban J connectivity index is 1.70. The number of rotatable bonds is 5. The van der Waals surface area contributed by atoms with Crippen LogP contribution in [0.2, 0.25) is 0 Å². The molecule has 1 heterocycles. The number of benzene rings is 1. The highest BCUT2D eigenvalue weighted by atomic mass is 79.9. The average Bonchev–Trinajstić information content (AvgIpc) is 2.43. The molecule has 0 unspecified atom stereocenters. The predicted octanol–water partition coefficient (Wildman–Crippen LogP) is 4.03. The van der Waals surface area contributed by atoms with Gasteiger partial charge in [-0.2, -0.15) is 0 Å². The molecule has 0 radical (unpaired) electrons. The lowest BCUT2D eigenvalue weighted by molar-refractivity contribution is 0.190. The molecule has 1 aromatic carbocycles. The fourth-order valence-electron chi connectivity index (χ4n) is 2.58. The standard InChI is InChI=1S/C15H22Br2N2/c1-2-19-7-5-12(6-8-19)10-18-11-13-3-4-14(16)15(17)9-13/h3-4,9,12,18H,2,5-8,10-11H2,1H3. The lowest BCUT2D eigenvalue weighted by Crippen LogP contribution is -2.36. The highest BCUT2D eigenvalue weighted by Crippen LogP contribution is 2.23. The summed E-state index contributed by atoms with van der Waals surface area (Å²) in [6, 6.07) is 6.44. The predicted molar refractivity (Wildman–Crippen MR) is 88.4 cm³/mol. The topological polar surface area (TPSA) is 15.3 Å². The maximum atomic E-state index is 3.60. The van der Waals surface area contributed by atoms with E-state index in [9.17, 15) is 0 Å². The van der Waals surface area contributed by atoms with E-state index >= 15 is 0 Å². The van der Waals surface area contributed by atoms with Crippen LogP contribution in [0.15, 0.2) is 27.1 Å². The zero-order chi connectivity index (χ0) is 13.7. The molecule has 0 aromatic heterocycles. The van der Waals surface area contributed by atoms with E-state index in [0.29, 0.717) is 0 Å². The number of nitrogens with one attached hydrogen (secondary N) is 1. The Labute approximate surface area is 133 Å². The number of nitrogens with zero attached hydrogens (tertiary/aromatic N) is 1. The average molecular weight is 390 g/mol. The quantitative estimate of drug-likeness (QED) is 0.817. The van der Waals surface area contributed by atoms with Crippen molar-refractivity contribution in [2.75, 3.05) is 26.2 Å². The number of piperidine rings is 1. The first-order valence-electron chi connectivity index (χ1n) is 7.06. The molecule has 0 spiro atoms. The highest BCUT2D eigenvalue weighted by molar-refractivity contribution is 9.13. The largest absolute Gasteiger partial charge is 0.312 e. The van der Waals surface area contributed by atoms with Gasteiger partial charge in [0.2, 0.25) is 0 Å². The van der Waals surface area contributed by atoms with Crippen LogP contribution in [-0.2, 0) is 6.54 Å². The summed E-state index contributed by atoms with van der Waals surface area (Å²) in [7, 11) is 0. The number of hydrogen-bond acceptors (Lipinski definition) is 2. The van der Waals surface area contributed by atoms with Crippen LogP contribution < -0.4 is 5.32 Å². The molecule has 4 heteroatoms. The zero-order valence-electron chi connectivity index (χ0n) is 11.5. The Morgan fingerprint density at radius 1 is 1.21 bits per heavy atom. The van der Waals surface area contributed by atoms with Crippen LogP contribution in [0.1, 0.15) is 25.3 Å². The van der Waals surface area contributed by atoms with Crippen LogP contribution in [0, 0.1) is 5.92 Å². The molecule has 1 aromatic rings. The highest BCUT2D eigenvalue weighted by Gasteiger charge is 2.17. The summed E-state index contributed by atoms with van der Waals surface area (Å²) in [5.74, 6) is 0.849. The van der Waals surface area contributed by atoms with E-state index in [1.807, 2.05) is 0 Å². The summed E-state index contributed by atoms with van der Waals surface area (Å²) in [6.07, 6.45) is 2.68. The van der Waals surface area contributed by atoms with Gasteiger partial charge in [-0.15, -0.1) is 0 Å². The Hall–Kier alpha value is 0.1000. The SMILES string of the molecule is CCN1CCC(CNCc2ccc(Br)c(Br)c2)CC1. The smallest absolute Gasteiger partial charge is 0.0320 e. The minimum atomic E-state index is 0.849. The van der Waals surface area contributed by atoms with Crippen LogP contribution >= 0.6 is 31.9 Å². The molecule has 2 nitrogen and oxygen atoms in total. The summed E-state index contributed by atoms with van der Waals surface area (Å²) in [5.41, 5.74) is 1.33. The number of halogens is 2. The lowest BCUT2D eigenvalue weighted by atomic mass is 9.97. The van der Waals surface area contributed by atoms with Gasteiger partial charge in [0, 0.05) is 15.5 Å². The summed E-state index contributed by atoms with van der Waals surface area (Å²) in [6.45, 7) is 8.10. The second-order valence-corrected chi connectivity index (χ2v) is 6.97. The van der Waals surface area contributed by atoms with Crippen LogP contribution in [0.4, 0.5) is 0 Å². The lowest BCUT2D eigenvalue weighted by Gasteiger charge is -2.31. The third kappa shape index (κ3) is 4.85. The van der Waals surface area contributed by atoms with Gasteiger partial charge in [0.15, 0.2) is 0 Å². The number of hydrogen-bond donors (Lipinski definition) is 1. The molecule has 106 valence electrons. The maximum Gasteiger partial charge on any atom is 0.0320 e. The van der Waals surface area contributed by atoms with E-state index in [1.54, 1.807) is 0 Å². The molecule has 2 rings (SSSR count). The van der Waals surface area contributed by atoms with Gasteiger partial charge in [-0.1, -0.05) is 13.0 Å². The fraction of sp³-hybridized carbons (Fsp3) is 0.600. The minimum absolute atomic E-state index is 0.849. The van der Waals surface area contributed by atoms with Crippen molar-refractivity contribution in [3.05, 3.63) is 32.7 Å². The molecule has 1 aliphatic heterocycles. The first kappa shape index (κ1) is 15.5. The van der Waals surface area contributed by atoms with Crippen molar-refractivity contribution in [1.29, 1.82) is 0 Å². The van der Waals surface area contributed by atoms with Gasteiger partial charge in [0.1, 0.15) is 0 Å². The molecule has 0 aliphatic carbocycles. The molecule has 0 atom stereocenters. The zero-order valence-corrected chi connectivity index (χ0v) is 14.6. The molecule has 19 heavy (non-hydrogen) atoms. The molecule has 1 N–H and O–H groups in total. The van der Waals surface area contributed by atoms with E-state index in [0.717, 1.165) is 28.0 Å². The van der Waals surface area contributed by atoms with E-state index in [4.69, 9.17) is 0 Å². The first-order valence-corrected chi connectivity index (χ1v) is 8.64. The third-order valence-electron chi connectivity index (χ3n) is 3.90. The molecular formula is C15H22Br2N2. The number of likely N-dealkylation sites (tertiary alicyclic amines) is 1. The van der Waals surface area contributed by atoms with Crippen molar-refractivity contribution in [2.24, 2.45) is 5.92 Å². The maximum absolute atomic E-state index is 3.60. The second kappa shape index (κ2) is 7.77. The van der Waals surface area contributed by atoms with Gasteiger partial charge in [-0.25, -0.2) is 0 Å². The van der Waals surface area contributed by atoms with Crippen molar-refractivity contribution in [2.45, 2.75) is 26.3 Å². The van der Waals surface area contributed by atoms with E-state index < -0.39 is 0 Å². The van der Waals surface area contributed by atoms with Gasteiger partial charge >= 0.3 is 0 Å². The Kier molecular flexibility index (Phi) is 6.33. The monoisotopic (exact) mass is 388 g/mol.